The summed E-state index contributed by atoms with van der Waals surface area (Å²) >= 11 is 0. The van der Waals surface area contributed by atoms with Gasteiger partial charge in [0.25, 0.3) is 0 Å². The Morgan fingerprint density at radius 3 is 2.06 bits per heavy atom. The first-order valence-corrected chi connectivity index (χ1v) is 6.34. The molecule has 4 heteroatoms. The zero-order chi connectivity index (χ0) is 13.6. The normalized spacial score (nSPS) is 15.5. The first-order chi connectivity index (χ1) is 7.66. The van der Waals surface area contributed by atoms with Crippen molar-refractivity contribution in [3.05, 3.63) is 0 Å². The highest BCUT2D eigenvalue weighted by Gasteiger charge is 2.22. The minimum atomic E-state index is -0.202. The van der Waals surface area contributed by atoms with Crippen molar-refractivity contribution in [3.8, 4) is 0 Å². The standard InChI is InChI=1S/C13H28N2O2/c1-9(2)7-11(8-16)15-12(17)14-10(3)13(4,5)6/h9-11,16H,7-8H2,1-6H3,(H2,14,15,17). The summed E-state index contributed by atoms with van der Waals surface area (Å²) in [7, 11) is 0. The number of amides is 2. The molecule has 4 nitrogen and oxygen atoms in total. The molecule has 0 saturated carbocycles. The van der Waals surface area contributed by atoms with Crippen LogP contribution in [-0.4, -0.2) is 29.8 Å². The highest BCUT2D eigenvalue weighted by atomic mass is 16.3. The van der Waals surface area contributed by atoms with Crippen LogP contribution < -0.4 is 10.6 Å². The predicted molar refractivity (Wildman–Crippen MR) is 70.9 cm³/mol. The largest absolute Gasteiger partial charge is 0.394 e. The van der Waals surface area contributed by atoms with Crippen molar-refractivity contribution in [1.82, 2.24) is 10.6 Å². The molecule has 0 saturated heterocycles. The average Bonchev–Trinajstić information content (AvgIpc) is 2.14. The van der Waals surface area contributed by atoms with E-state index in [4.69, 9.17) is 0 Å². The summed E-state index contributed by atoms with van der Waals surface area (Å²) in [5, 5.41) is 14.9. The molecule has 2 atom stereocenters. The third-order valence-corrected chi connectivity index (χ3v) is 2.96. The molecule has 0 fully saturated rings. The van der Waals surface area contributed by atoms with Crippen molar-refractivity contribution in [3.63, 3.8) is 0 Å². The van der Waals surface area contributed by atoms with Crippen molar-refractivity contribution in [2.24, 2.45) is 11.3 Å². The van der Waals surface area contributed by atoms with Crippen molar-refractivity contribution >= 4 is 6.03 Å². The lowest BCUT2D eigenvalue weighted by Crippen LogP contribution is -2.50. The molecule has 0 aromatic rings. The molecule has 0 aromatic heterocycles. The maximum absolute atomic E-state index is 11.7. The van der Waals surface area contributed by atoms with Crippen LogP contribution in [0.5, 0.6) is 0 Å². The molecule has 0 bridgehead atoms. The van der Waals surface area contributed by atoms with Crippen LogP contribution in [-0.2, 0) is 0 Å². The Bertz CT molecular complexity index is 234. The molecule has 0 aliphatic rings. The van der Waals surface area contributed by atoms with Gasteiger partial charge in [-0.05, 0) is 24.7 Å². The van der Waals surface area contributed by atoms with E-state index in [9.17, 15) is 9.90 Å². The number of carbonyl (C=O) groups excluding carboxylic acids is 1. The monoisotopic (exact) mass is 244 g/mol. The quantitative estimate of drug-likeness (QED) is 0.694. The highest BCUT2D eigenvalue weighted by Crippen LogP contribution is 2.18. The molecule has 0 aliphatic carbocycles. The van der Waals surface area contributed by atoms with Crippen LogP contribution in [0.1, 0.15) is 48.0 Å². The molecular formula is C13H28N2O2. The van der Waals surface area contributed by atoms with Crippen molar-refractivity contribution in [2.45, 2.75) is 60.0 Å². The topological polar surface area (TPSA) is 61.4 Å². The number of aliphatic hydroxyl groups excluding tert-OH is 1. The molecule has 0 heterocycles. The summed E-state index contributed by atoms with van der Waals surface area (Å²) in [6.07, 6.45) is 0.786. The summed E-state index contributed by atoms with van der Waals surface area (Å²) < 4.78 is 0. The molecule has 0 spiro atoms. The molecule has 0 rings (SSSR count). The molecule has 102 valence electrons. The maximum Gasteiger partial charge on any atom is 0.315 e. The second-order valence-electron chi connectivity index (χ2n) is 6.21. The van der Waals surface area contributed by atoms with Gasteiger partial charge in [0.1, 0.15) is 0 Å². The van der Waals surface area contributed by atoms with Crippen LogP contribution in [0.25, 0.3) is 0 Å². The summed E-state index contributed by atoms with van der Waals surface area (Å²) in [5.41, 5.74) is 0.0318. The van der Waals surface area contributed by atoms with E-state index in [1.54, 1.807) is 0 Å². The van der Waals surface area contributed by atoms with Gasteiger partial charge in [-0.15, -0.1) is 0 Å². The van der Waals surface area contributed by atoms with Crippen LogP contribution in [0.3, 0.4) is 0 Å². The third-order valence-electron chi connectivity index (χ3n) is 2.96. The molecule has 3 N–H and O–H groups in total. The van der Waals surface area contributed by atoms with Crippen molar-refractivity contribution in [2.75, 3.05) is 6.61 Å². The van der Waals surface area contributed by atoms with Gasteiger partial charge in [0.15, 0.2) is 0 Å². The van der Waals surface area contributed by atoms with Crippen LogP contribution in [0.15, 0.2) is 0 Å². The van der Waals surface area contributed by atoms with E-state index in [0.717, 1.165) is 6.42 Å². The van der Waals surface area contributed by atoms with Crippen LogP contribution >= 0.6 is 0 Å². The van der Waals surface area contributed by atoms with E-state index in [1.807, 2.05) is 6.92 Å². The second kappa shape index (κ2) is 6.84. The first-order valence-electron chi connectivity index (χ1n) is 6.34. The Balaban J connectivity index is 4.16. The van der Waals surface area contributed by atoms with Crippen LogP contribution in [0, 0.1) is 11.3 Å². The minimum absolute atomic E-state index is 0.0184. The number of carbonyl (C=O) groups is 1. The number of hydrogen-bond acceptors (Lipinski definition) is 2. The van der Waals surface area contributed by atoms with Gasteiger partial charge in [0.05, 0.1) is 12.6 Å². The average molecular weight is 244 g/mol. The van der Waals surface area contributed by atoms with Gasteiger partial charge in [-0.1, -0.05) is 34.6 Å². The lowest BCUT2D eigenvalue weighted by Gasteiger charge is -2.29. The summed E-state index contributed by atoms with van der Waals surface area (Å²) in [4.78, 5) is 11.7. The smallest absolute Gasteiger partial charge is 0.315 e. The van der Waals surface area contributed by atoms with Gasteiger partial charge in [0, 0.05) is 6.04 Å². The summed E-state index contributed by atoms with van der Waals surface area (Å²) in [5.74, 6) is 0.451. The fourth-order valence-electron chi connectivity index (χ4n) is 1.39. The number of aliphatic hydroxyl groups is 1. The zero-order valence-corrected chi connectivity index (χ0v) is 12.0. The predicted octanol–water partition coefficient (Wildman–Crippen LogP) is 2.13. The van der Waals surface area contributed by atoms with E-state index in [0.29, 0.717) is 5.92 Å². The van der Waals surface area contributed by atoms with E-state index in [-0.39, 0.29) is 30.1 Å². The van der Waals surface area contributed by atoms with Crippen LogP contribution in [0.2, 0.25) is 0 Å². The Hall–Kier alpha value is -0.770. The van der Waals surface area contributed by atoms with Gasteiger partial charge >= 0.3 is 6.03 Å². The Morgan fingerprint density at radius 1 is 1.18 bits per heavy atom. The van der Waals surface area contributed by atoms with Gasteiger partial charge in [-0.2, -0.15) is 0 Å². The first kappa shape index (κ1) is 16.2. The fourth-order valence-corrected chi connectivity index (χ4v) is 1.39. The Kier molecular flexibility index (Phi) is 6.53. The third kappa shape index (κ3) is 7.21. The van der Waals surface area contributed by atoms with E-state index in [2.05, 4.69) is 45.3 Å². The lowest BCUT2D eigenvalue weighted by atomic mass is 9.88. The minimum Gasteiger partial charge on any atom is -0.394 e. The fraction of sp³-hybridized carbons (Fsp3) is 0.923. The van der Waals surface area contributed by atoms with Crippen LogP contribution in [0.4, 0.5) is 4.79 Å². The van der Waals surface area contributed by atoms with Gasteiger partial charge in [0.2, 0.25) is 0 Å². The van der Waals surface area contributed by atoms with E-state index in [1.165, 1.54) is 0 Å². The SMILES string of the molecule is CC(C)CC(CO)NC(=O)NC(C)C(C)(C)C. The molecule has 0 aromatic carbocycles. The Morgan fingerprint density at radius 2 is 1.71 bits per heavy atom. The molecule has 2 unspecified atom stereocenters. The summed E-state index contributed by atoms with van der Waals surface area (Å²) in [6.45, 7) is 12.3. The zero-order valence-electron chi connectivity index (χ0n) is 12.0. The van der Waals surface area contributed by atoms with Gasteiger partial charge in [-0.3, -0.25) is 0 Å². The molecule has 0 radical (unpaired) electrons. The van der Waals surface area contributed by atoms with E-state index >= 15 is 0 Å². The van der Waals surface area contributed by atoms with E-state index < -0.39 is 0 Å². The Labute approximate surface area is 105 Å². The number of urea groups is 1. The van der Waals surface area contributed by atoms with Gasteiger partial charge < -0.3 is 15.7 Å². The van der Waals surface area contributed by atoms with Gasteiger partial charge in [-0.25, -0.2) is 4.79 Å². The summed E-state index contributed by atoms with van der Waals surface area (Å²) in [6, 6.07) is -0.282. The molecule has 0 aliphatic heterocycles. The second-order valence-corrected chi connectivity index (χ2v) is 6.21. The molecule has 2 amide bonds. The lowest BCUT2D eigenvalue weighted by molar-refractivity contribution is 0.197. The van der Waals surface area contributed by atoms with Crippen molar-refractivity contribution in [1.29, 1.82) is 0 Å². The van der Waals surface area contributed by atoms with Crippen molar-refractivity contribution < 1.29 is 9.90 Å². The number of hydrogen-bond donors (Lipinski definition) is 3. The maximum atomic E-state index is 11.7. The molecular weight excluding hydrogens is 216 g/mol. The molecule has 17 heavy (non-hydrogen) atoms. The number of rotatable bonds is 5. The highest BCUT2D eigenvalue weighted by molar-refractivity contribution is 5.74. The number of nitrogens with one attached hydrogen (secondary N) is 2.